The summed E-state index contributed by atoms with van der Waals surface area (Å²) in [6.45, 7) is 1.89. The van der Waals surface area contributed by atoms with E-state index in [9.17, 15) is 9.59 Å². The van der Waals surface area contributed by atoms with E-state index in [1.165, 1.54) is 5.56 Å². The first-order chi connectivity index (χ1) is 9.49. The Balaban J connectivity index is 2.30. The maximum atomic E-state index is 11.6. The van der Waals surface area contributed by atoms with Crippen molar-refractivity contribution in [3.63, 3.8) is 0 Å². The van der Waals surface area contributed by atoms with Crippen molar-refractivity contribution in [3.05, 3.63) is 35.9 Å². The molecule has 6 heteroatoms. The molecule has 0 bridgehead atoms. The average molecular weight is 293 g/mol. The van der Waals surface area contributed by atoms with Gasteiger partial charge in [0.15, 0.2) is 0 Å². The number of nitrogens with two attached hydrogens (primary N) is 1. The number of hydrogen-bond acceptors (Lipinski definition) is 3. The van der Waals surface area contributed by atoms with Crippen molar-refractivity contribution < 1.29 is 9.59 Å². The van der Waals surface area contributed by atoms with Crippen LogP contribution in [0.2, 0.25) is 0 Å². The first-order valence-corrected chi connectivity index (χ1v) is 6.80. The molecule has 0 fully saturated rings. The molecule has 1 unspecified atom stereocenters. The molecule has 2 amide bonds. The Labute approximate surface area is 123 Å². The second-order valence-corrected chi connectivity index (χ2v) is 5.07. The van der Waals surface area contributed by atoms with Crippen LogP contribution in [0, 0.1) is 0 Å². The number of rotatable bonds is 6. The maximum Gasteiger partial charge on any atom is 0.309 e. The van der Waals surface area contributed by atoms with Crippen molar-refractivity contribution in [2.45, 2.75) is 25.8 Å². The van der Waals surface area contributed by atoms with Gasteiger partial charge >= 0.3 is 11.8 Å². The van der Waals surface area contributed by atoms with Gasteiger partial charge in [0, 0.05) is 6.04 Å². The van der Waals surface area contributed by atoms with Gasteiger partial charge in [0.1, 0.15) is 0 Å². The highest BCUT2D eigenvalue weighted by atomic mass is 32.1. The number of benzene rings is 1. The Kier molecular flexibility index (Phi) is 6.66. The lowest BCUT2D eigenvalue weighted by Gasteiger charge is -2.13. The Morgan fingerprint density at radius 3 is 2.50 bits per heavy atom. The van der Waals surface area contributed by atoms with E-state index in [0.717, 1.165) is 12.8 Å². The van der Waals surface area contributed by atoms with Gasteiger partial charge in [-0.1, -0.05) is 42.5 Å². The number of carbonyl (C=O) groups is 2. The van der Waals surface area contributed by atoms with Gasteiger partial charge in [0.05, 0.1) is 11.5 Å². The van der Waals surface area contributed by atoms with Crippen LogP contribution in [0.3, 0.4) is 0 Å². The van der Waals surface area contributed by atoms with E-state index in [4.69, 9.17) is 5.73 Å². The highest BCUT2D eigenvalue weighted by Gasteiger charge is 2.15. The zero-order valence-electron chi connectivity index (χ0n) is 11.4. The molecule has 0 aliphatic carbocycles. The van der Waals surface area contributed by atoms with Gasteiger partial charge in [-0.2, -0.15) is 0 Å². The lowest BCUT2D eigenvalue weighted by Crippen LogP contribution is -2.45. The zero-order valence-corrected chi connectivity index (χ0v) is 12.2. The molecular formula is C14H19N3O2S. The number of thiocarbonyl (C=S) groups is 1. The van der Waals surface area contributed by atoms with E-state index in [-0.39, 0.29) is 17.6 Å². The predicted octanol–water partition coefficient (Wildman–Crippen LogP) is 0.526. The average Bonchev–Trinajstić information content (AvgIpc) is 2.43. The molecule has 0 radical (unpaired) electrons. The lowest BCUT2D eigenvalue weighted by atomic mass is 10.1. The topological polar surface area (TPSA) is 84.2 Å². The maximum absolute atomic E-state index is 11.6. The number of nitrogens with one attached hydrogen (secondary N) is 2. The number of carbonyl (C=O) groups excluding carboxylic acids is 2. The molecule has 0 aliphatic rings. The van der Waals surface area contributed by atoms with Crippen LogP contribution in [0.25, 0.3) is 0 Å². The van der Waals surface area contributed by atoms with Crippen molar-refractivity contribution >= 4 is 29.0 Å². The van der Waals surface area contributed by atoms with Crippen LogP contribution in [0.4, 0.5) is 0 Å². The van der Waals surface area contributed by atoms with Crippen LogP contribution in [0.5, 0.6) is 0 Å². The molecule has 1 atom stereocenters. The van der Waals surface area contributed by atoms with E-state index in [0.29, 0.717) is 0 Å². The van der Waals surface area contributed by atoms with E-state index in [1.807, 2.05) is 37.3 Å². The predicted molar refractivity (Wildman–Crippen MR) is 82.2 cm³/mol. The van der Waals surface area contributed by atoms with Crippen LogP contribution in [0.15, 0.2) is 30.3 Å². The second-order valence-electron chi connectivity index (χ2n) is 4.55. The largest absolute Gasteiger partial charge is 0.392 e. The van der Waals surface area contributed by atoms with Crippen LogP contribution in [0.1, 0.15) is 18.9 Å². The van der Waals surface area contributed by atoms with Crippen LogP contribution in [-0.2, 0) is 16.0 Å². The monoisotopic (exact) mass is 293 g/mol. The molecule has 0 saturated carbocycles. The van der Waals surface area contributed by atoms with Gasteiger partial charge in [-0.05, 0) is 25.3 Å². The molecule has 20 heavy (non-hydrogen) atoms. The number of amides is 2. The normalized spacial score (nSPS) is 11.4. The summed E-state index contributed by atoms with van der Waals surface area (Å²) in [5, 5.41) is 4.98. The molecule has 4 N–H and O–H groups in total. The molecule has 0 aromatic heterocycles. The number of aryl methyl sites for hydroxylation is 1. The lowest BCUT2D eigenvalue weighted by molar-refractivity contribution is -0.139. The summed E-state index contributed by atoms with van der Waals surface area (Å²) in [5.74, 6) is -1.38. The summed E-state index contributed by atoms with van der Waals surface area (Å²) in [6, 6.07) is 9.88. The highest BCUT2D eigenvalue weighted by molar-refractivity contribution is 7.80. The SMILES string of the molecule is CC(CCc1ccccc1)NC(=O)C(=O)NCC(N)=S. The third kappa shape index (κ3) is 6.29. The van der Waals surface area contributed by atoms with Gasteiger partial charge in [0.25, 0.3) is 0 Å². The van der Waals surface area contributed by atoms with Crippen molar-refractivity contribution in [1.29, 1.82) is 0 Å². The molecular weight excluding hydrogens is 274 g/mol. The van der Waals surface area contributed by atoms with E-state index in [2.05, 4.69) is 22.9 Å². The summed E-state index contributed by atoms with van der Waals surface area (Å²) >= 11 is 4.62. The summed E-state index contributed by atoms with van der Waals surface area (Å²) in [5.41, 5.74) is 6.44. The highest BCUT2D eigenvalue weighted by Crippen LogP contribution is 2.04. The van der Waals surface area contributed by atoms with Crippen molar-refractivity contribution in [2.24, 2.45) is 5.73 Å². The smallest absolute Gasteiger partial charge is 0.309 e. The zero-order chi connectivity index (χ0) is 15.0. The van der Waals surface area contributed by atoms with E-state index in [1.54, 1.807) is 0 Å². The quantitative estimate of drug-likeness (QED) is 0.527. The van der Waals surface area contributed by atoms with E-state index >= 15 is 0 Å². The molecule has 0 heterocycles. The minimum atomic E-state index is -0.718. The van der Waals surface area contributed by atoms with Crippen LogP contribution in [-0.4, -0.2) is 29.4 Å². The Morgan fingerprint density at radius 2 is 1.90 bits per heavy atom. The van der Waals surface area contributed by atoms with Gasteiger partial charge in [-0.3, -0.25) is 9.59 Å². The Morgan fingerprint density at radius 1 is 1.25 bits per heavy atom. The third-order valence-corrected chi connectivity index (χ3v) is 2.86. The summed E-state index contributed by atoms with van der Waals surface area (Å²) in [7, 11) is 0. The van der Waals surface area contributed by atoms with Crippen molar-refractivity contribution in [2.75, 3.05) is 6.54 Å². The fourth-order valence-electron chi connectivity index (χ4n) is 1.64. The van der Waals surface area contributed by atoms with Crippen LogP contribution >= 0.6 is 12.2 Å². The van der Waals surface area contributed by atoms with Gasteiger partial charge in [0.2, 0.25) is 0 Å². The standard InChI is InChI=1S/C14H19N3O2S/c1-10(7-8-11-5-3-2-4-6-11)17-14(19)13(18)16-9-12(15)20/h2-6,10H,7-9H2,1H3,(H2,15,20)(H,16,18)(H,17,19). The minimum absolute atomic E-state index is 0.0278. The minimum Gasteiger partial charge on any atom is -0.392 e. The van der Waals surface area contributed by atoms with Gasteiger partial charge in [-0.25, -0.2) is 0 Å². The Hall–Kier alpha value is -1.95. The van der Waals surface area contributed by atoms with Crippen LogP contribution < -0.4 is 16.4 Å². The van der Waals surface area contributed by atoms with E-state index < -0.39 is 11.8 Å². The van der Waals surface area contributed by atoms with Crippen molar-refractivity contribution in [1.82, 2.24) is 10.6 Å². The summed E-state index contributed by atoms with van der Waals surface area (Å²) < 4.78 is 0. The Bertz CT molecular complexity index is 477. The molecule has 0 saturated heterocycles. The summed E-state index contributed by atoms with van der Waals surface area (Å²) in [6.07, 6.45) is 1.61. The fraction of sp³-hybridized carbons (Fsp3) is 0.357. The molecule has 1 aromatic rings. The first kappa shape index (κ1) is 16.1. The molecule has 108 valence electrons. The summed E-state index contributed by atoms with van der Waals surface area (Å²) in [4.78, 5) is 23.1. The van der Waals surface area contributed by atoms with Gasteiger partial charge in [-0.15, -0.1) is 0 Å². The van der Waals surface area contributed by atoms with Gasteiger partial charge < -0.3 is 16.4 Å². The molecule has 5 nitrogen and oxygen atoms in total. The first-order valence-electron chi connectivity index (χ1n) is 6.40. The second kappa shape index (κ2) is 8.27. The fourth-order valence-corrected chi connectivity index (χ4v) is 1.71. The molecule has 0 aliphatic heterocycles. The molecule has 0 spiro atoms. The molecule has 1 rings (SSSR count). The molecule has 1 aromatic carbocycles. The number of hydrogen-bond donors (Lipinski definition) is 3. The van der Waals surface area contributed by atoms with Crippen molar-refractivity contribution in [3.8, 4) is 0 Å². The third-order valence-electron chi connectivity index (χ3n) is 2.72.